The molecule has 0 atom stereocenters. The molecule has 4 nitrogen and oxygen atoms in total. The van der Waals surface area contributed by atoms with Crippen LogP contribution in [0.15, 0.2) is 24.3 Å². The molecule has 1 rings (SSSR count). The molecule has 1 aromatic carbocycles. The highest BCUT2D eigenvalue weighted by Crippen LogP contribution is 2.15. The fourth-order valence-electron chi connectivity index (χ4n) is 1.09. The molecule has 0 bridgehead atoms. The average Bonchev–Trinajstić information content (AvgIpc) is 2.31. The summed E-state index contributed by atoms with van der Waals surface area (Å²) in [5.74, 6) is 0.626. The largest absolute Gasteiger partial charge is 0.494 e. The summed E-state index contributed by atoms with van der Waals surface area (Å²) in [6.07, 6.45) is 0.744. The number of carbonyl (C=O) groups excluding carboxylic acids is 1. The van der Waals surface area contributed by atoms with Gasteiger partial charge in [0.05, 0.1) is 13.2 Å². The minimum Gasteiger partial charge on any atom is -0.494 e. The lowest BCUT2D eigenvalue weighted by atomic mass is 10.3. The highest BCUT2D eigenvalue weighted by molar-refractivity contribution is 6.30. The number of rotatable bonds is 6. The standard InChI is InChI=1S/C11H15ClN2O2/c12-9-2-4-10(5-3-9)16-7-1-6-14-11(15)8-13/h2-5H,1,6-8,13H2,(H,14,15). The summed E-state index contributed by atoms with van der Waals surface area (Å²) in [6, 6.07) is 7.15. The van der Waals surface area contributed by atoms with Gasteiger partial charge in [0, 0.05) is 11.6 Å². The maximum absolute atomic E-state index is 10.8. The van der Waals surface area contributed by atoms with Crippen molar-refractivity contribution in [3.8, 4) is 5.75 Å². The molecule has 0 radical (unpaired) electrons. The molecular weight excluding hydrogens is 228 g/mol. The first kappa shape index (κ1) is 12.8. The van der Waals surface area contributed by atoms with Crippen LogP contribution in [-0.4, -0.2) is 25.6 Å². The van der Waals surface area contributed by atoms with E-state index in [0.717, 1.165) is 12.2 Å². The number of hydrogen-bond donors (Lipinski definition) is 2. The molecule has 1 aromatic rings. The van der Waals surface area contributed by atoms with Crippen molar-refractivity contribution in [3.63, 3.8) is 0 Å². The average molecular weight is 243 g/mol. The molecule has 0 saturated heterocycles. The van der Waals surface area contributed by atoms with Crippen molar-refractivity contribution >= 4 is 17.5 Å². The van der Waals surface area contributed by atoms with E-state index in [4.69, 9.17) is 22.1 Å². The first-order chi connectivity index (χ1) is 7.72. The van der Waals surface area contributed by atoms with Crippen LogP contribution in [0.3, 0.4) is 0 Å². The molecule has 0 saturated carbocycles. The molecule has 0 aliphatic rings. The number of amides is 1. The molecule has 16 heavy (non-hydrogen) atoms. The van der Waals surface area contributed by atoms with Gasteiger partial charge in [0.15, 0.2) is 0 Å². The Labute approximate surface area is 99.7 Å². The summed E-state index contributed by atoms with van der Waals surface area (Å²) in [5, 5.41) is 3.35. The zero-order valence-electron chi connectivity index (χ0n) is 8.91. The van der Waals surface area contributed by atoms with Crippen LogP contribution >= 0.6 is 11.6 Å². The third-order valence-electron chi connectivity index (χ3n) is 1.91. The Kier molecular flexibility index (Phi) is 5.67. The van der Waals surface area contributed by atoms with Crippen LogP contribution in [0.25, 0.3) is 0 Å². The SMILES string of the molecule is NCC(=O)NCCCOc1ccc(Cl)cc1. The van der Waals surface area contributed by atoms with Crippen molar-refractivity contribution in [3.05, 3.63) is 29.3 Å². The van der Waals surface area contributed by atoms with Gasteiger partial charge in [0.25, 0.3) is 0 Å². The summed E-state index contributed by atoms with van der Waals surface area (Å²) in [6.45, 7) is 1.15. The van der Waals surface area contributed by atoms with Gasteiger partial charge in [-0.3, -0.25) is 4.79 Å². The quantitative estimate of drug-likeness (QED) is 0.737. The van der Waals surface area contributed by atoms with E-state index in [0.29, 0.717) is 18.2 Å². The Morgan fingerprint density at radius 1 is 1.38 bits per heavy atom. The molecule has 0 spiro atoms. The Morgan fingerprint density at radius 3 is 2.69 bits per heavy atom. The predicted molar refractivity (Wildman–Crippen MR) is 63.6 cm³/mol. The molecule has 0 fully saturated rings. The second kappa shape index (κ2) is 7.09. The molecular formula is C11H15ClN2O2. The summed E-state index contributed by atoms with van der Waals surface area (Å²) in [5.41, 5.74) is 5.14. The topological polar surface area (TPSA) is 64.4 Å². The summed E-state index contributed by atoms with van der Waals surface area (Å²) in [7, 11) is 0. The van der Waals surface area contributed by atoms with Gasteiger partial charge in [-0.05, 0) is 30.7 Å². The summed E-state index contributed by atoms with van der Waals surface area (Å²) >= 11 is 5.73. The number of halogens is 1. The summed E-state index contributed by atoms with van der Waals surface area (Å²) in [4.78, 5) is 10.8. The van der Waals surface area contributed by atoms with Crippen LogP contribution in [0, 0.1) is 0 Å². The molecule has 0 aliphatic carbocycles. The van der Waals surface area contributed by atoms with E-state index in [1.165, 1.54) is 0 Å². The zero-order chi connectivity index (χ0) is 11.8. The van der Waals surface area contributed by atoms with E-state index in [9.17, 15) is 4.79 Å². The van der Waals surface area contributed by atoms with Crippen LogP contribution < -0.4 is 15.8 Å². The van der Waals surface area contributed by atoms with Gasteiger partial charge in [0.2, 0.25) is 5.91 Å². The highest BCUT2D eigenvalue weighted by atomic mass is 35.5. The molecule has 0 heterocycles. The molecule has 3 N–H and O–H groups in total. The number of ether oxygens (including phenoxy) is 1. The maximum Gasteiger partial charge on any atom is 0.233 e. The first-order valence-corrected chi connectivity index (χ1v) is 5.45. The van der Waals surface area contributed by atoms with E-state index >= 15 is 0 Å². The van der Waals surface area contributed by atoms with Crippen LogP contribution in [0.1, 0.15) is 6.42 Å². The fraction of sp³-hybridized carbons (Fsp3) is 0.364. The van der Waals surface area contributed by atoms with Gasteiger partial charge in [-0.25, -0.2) is 0 Å². The molecule has 88 valence electrons. The fourth-order valence-corrected chi connectivity index (χ4v) is 1.22. The third kappa shape index (κ3) is 5.00. The van der Waals surface area contributed by atoms with Gasteiger partial charge < -0.3 is 15.8 Å². The monoisotopic (exact) mass is 242 g/mol. The van der Waals surface area contributed by atoms with Crippen molar-refractivity contribution in [1.82, 2.24) is 5.32 Å². The third-order valence-corrected chi connectivity index (χ3v) is 2.16. The number of carbonyl (C=O) groups is 1. The number of nitrogens with one attached hydrogen (secondary N) is 1. The minimum absolute atomic E-state index is 0.0258. The smallest absolute Gasteiger partial charge is 0.233 e. The zero-order valence-corrected chi connectivity index (χ0v) is 9.67. The van der Waals surface area contributed by atoms with Crippen molar-refractivity contribution in [2.45, 2.75) is 6.42 Å². The van der Waals surface area contributed by atoms with Gasteiger partial charge in [-0.15, -0.1) is 0 Å². The Bertz CT molecular complexity index is 327. The lowest BCUT2D eigenvalue weighted by Crippen LogP contribution is -2.31. The van der Waals surface area contributed by atoms with Crippen molar-refractivity contribution < 1.29 is 9.53 Å². The van der Waals surface area contributed by atoms with Crippen LogP contribution in [0.5, 0.6) is 5.75 Å². The maximum atomic E-state index is 10.8. The Balaban J connectivity index is 2.11. The van der Waals surface area contributed by atoms with Crippen LogP contribution in [-0.2, 0) is 4.79 Å². The van der Waals surface area contributed by atoms with Crippen LogP contribution in [0.4, 0.5) is 0 Å². The number of nitrogens with two attached hydrogens (primary N) is 1. The van der Waals surface area contributed by atoms with E-state index in [-0.39, 0.29) is 12.5 Å². The van der Waals surface area contributed by atoms with Gasteiger partial charge in [-0.2, -0.15) is 0 Å². The minimum atomic E-state index is -0.147. The normalized spacial score (nSPS) is 9.88. The number of hydrogen-bond acceptors (Lipinski definition) is 3. The Morgan fingerprint density at radius 2 is 2.06 bits per heavy atom. The molecule has 1 amide bonds. The van der Waals surface area contributed by atoms with E-state index in [1.54, 1.807) is 24.3 Å². The van der Waals surface area contributed by atoms with Crippen molar-refractivity contribution in [2.24, 2.45) is 5.73 Å². The van der Waals surface area contributed by atoms with Crippen molar-refractivity contribution in [1.29, 1.82) is 0 Å². The van der Waals surface area contributed by atoms with Crippen LogP contribution in [0.2, 0.25) is 5.02 Å². The van der Waals surface area contributed by atoms with E-state index in [2.05, 4.69) is 5.32 Å². The Hall–Kier alpha value is -1.26. The second-order valence-electron chi connectivity index (χ2n) is 3.21. The van der Waals surface area contributed by atoms with Gasteiger partial charge in [-0.1, -0.05) is 11.6 Å². The van der Waals surface area contributed by atoms with Gasteiger partial charge >= 0.3 is 0 Å². The lowest BCUT2D eigenvalue weighted by Gasteiger charge is -2.06. The molecule has 5 heteroatoms. The lowest BCUT2D eigenvalue weighted by molar-refractivity contribution is -0.119. The number of benzene rings is 1. The predicted octanol–water partition coefficient (Wildman–Crippen LogP) is 1.18. The first-order valence-electron chi connectivity index (χ1n) is 5.07. The summed E-state index contributed by atoms with van der Waals surface area (Å²) < 4.78 is 5.44. The second-order valence-corrected chi connectivity index (χ2v) is 3.65. The molecule has 0 unspecified atom stereocenters. The van der Waals surface area contributed by atoms with E-state index < -0.39 is 0 Å². The van der Waals surface area contributed by atoms with Crippen molar-refractivity contribution in [2.75, 3.05) is 19.7 Å². The highest BCUT2D eigenvalue weighted by Gasteiger charge is 1.96. The molecule has 0 aliphatic heterocycles. The van der Waals surface area contributed by atoms with E-state index in [1.807, 2.05) is 0 Å². The molecule has 0 aromatic heterocycles. The van der Waals surface area contributed by atoms with Gasteiger partial charge in [0.1, 0.15) is 5.75 Å².